The van der Waals surface area contributed by atoms with Crippen LogP contribution in [0, 0.1) is 12.7 Å². The van der Waals surface area contributed by atoms with E-state index in [9.17, 15) is 9.18 Å². The van der Waals surface area contributed by atoms with E-state index in [1.807, 2.05) is 19.0 Å². The zero-order chi connectivity index (χ0) is 13.3. The molecule has 0 spiro atoms. The molecule has 1 aliphatic heterocycles. The zero-order valence-corrected chi connectivity index (χ0v) is 11.1. The molecule has 1 heterocycles. The van der Waals surface area contributed by atoms with Gasteiger partial charge in [-0.1, -0.05) is 0 Å². The molecule has 1 aromatic carbocycles. The Morgan fingerprint density at radius 2 is 2.00 bits per heavy atom. The molecular formula is C14H19FN2O. The van der Waals surface area contributed by atoms with E-state index in [2.05, 4.69) is 4.90 Å². The highest BCUT2D eigenvalue weighted by Gasteiger charge is 2.29. The number of ketones is 1. The second-order valence-corrected chi connectivity index (χ2v) is 5.14. The van der Waals surface area contributed by atoms with Gasteiger partial charge in [0.2, 0.25) is 0 Å². The first kappa shape index (κ1) is 13.2. The van der Waals surface area contributed by atoms with E-state index in [1.54, 1.807) is 13.0 Å². The van der Waals surface area contributed by atoms with Gasteiger partial charge in [0.05, 0.1) is 6.04 Å². The van der Waals surface area contributed by atoms with Crippen LogP contribution in [-0.2, 0) is 0 Å². The van der Waals surface area contributed by atoms with Crippen LogP contribution in [0.4, 0.5) is 4.39 Å². The third kappa shape index (κ3) is 2.76. The molecule has 0 amide bonds. The van der Waals surface area contributed by atoms with Gasteiger partial charge in [0, 0.05) is 25.2 Å². The summed E-state index contributed by atoms with van der Waals surface area (Å²) in [6.45, 7) is 4.32. The van der Waals surface area contributed by atoms with Crippen molar-refractivity contribution in [1.82, 2.24) is 9.80 Å². The highest BCUT2D eigenvalue weighted by Crippen LogP contribution is 2.15. The lowest BCUT2D eigenvalue weighted by Crippen LogP contribution is -2.53. The van der Waals surface area contributed by atoms with Crippen LogP contribution in [0.5, 0.6) is 0 Å². The van der Waals surface area contributed by atoms with Gasteiger partial charge in [-0.25, -0.2) is 4.39 Å². The number of benzene rings is 1. The number of hydrogen-bond donors (Lipinski definition) is 0. The summed E-state index contributed by atoms with van der Waals surface area (Å²) in [4.78, 5) is 16.6. The molecule has 3 nitrogen and oxygen atoms in total. The Morgan fingerprint density at radius 3 is 2.67 bits per heavy atom. The summed E-state index contributed by atoms with van der Waals surface area (Å²) in [6, 6.07) is 4.35. The molecule has 1 fully saturated rings. The zero-order valence-electron chi connectivity index (χ0n) is 11.1. The number of carbonyl (C=O) groups is 1. The van der Waals surface area contributed by atoms with E-state index in [-0.39, 0.29) is 17.6 Å². The first-order chi connectivity index (χ1) is 8.47. The number of hydrogen-bond acceptors (Lipinski definition) is 3. The number of aryl methyl sites for hydroxylation is 1. The minimum absolute atomic E-state index is 0.00616. The normalized spacial score (nSPS) is 22.1. The minimum atomic E-state index is -0.342. The summed E-state index contributed by atoms with van der Waals surface area (Å²) in [5, 5.41) is 0. The average molecular weight is 250 g/mol. The standard InChI is InChI=1S/C14H19FN2O/c1-10-6-11(8-12(15)7-10)14(18)13-9-16(2)4-5-17(13)3/h6-8,13H,4-5,9H2,1-3H3. The summed E-state index contributed by atoms with van der Waals surface area (Å²) < 4.78 is 13.4. The number of nitrogens with zero attached hydrogens (tertiary/aromatic N) is 2. The fourth-order valence-corrected chi connectivity index (χ4v) is 2.36. The number of piperazine rings is 1. The molecular weight excluding hydrogens is 231 g/mol. The Kier molecular flexibility index (Phi) is 3.78. The molecule has 4 heteroatoms. The third-order valence-corrected chi connectivity index (χ3v) is 3.48. The number of halogens is 1. The van der Waals surface area contributed by atoms with E-state index >= 15 is 0 Å². The topological polar surface area (TPSA) is 23.6 Å². The molecule has 1 aromatic rings. The van der Waals surface area contributed by atoms with Gasteiger partial charge in [-0.15, -0.1) is 0 Å². The fraction of sp³-hybridized carbons (Fsp3) is 0.500. The van der Waals surface area contributed by atoms with Crippen LogP contribution in [0.25, 0.3) is 0 Å². The lowest BCUT2D eigenvalue weighted by atomic mass is 9.99. The molecule has 0 aromatic heterocycles. The third-order valence-electron chi connectivity index (χ3n) is 3.48. The molecule has 2 rings (SSSR count). The molecule has 0 bridgehead atoms. The fourth-order valence-electron chi connectivity index (χ4n) is 2.36. The number of carbonyl (C=O) groups excluding carboxylic acids is 1. The first-order valence-electron chi connectivity index (χ1n) is 6.17. The van der Waals surface area contributed by atoms with Gasteiger partial charge in [0.15, 0.2) is 5.78 Å². The van der Waals surface area contributed by atoms with Crippen LogP contribution in [0.2, 0.25) is 0 Å². The molecule has 0 N–H and O–H groups in total. The smallest absolute Gasteiger partial charge is 0.181 e. The van der Waals surface area contributed by atoms with Crippen molar-refractivity contribution in [2.24, 2.45) is 0 Å². The van der Waals surface area contributed by atoms with Gasteiger partial charge in [0.25, 0.3) is 0 Å². The van der Waals surface area contributed by atoms with Crippen molar-refractivity contribution in [1.29, 1.82) is 0 Å². The maximum Gasteiger partial charge on any atom is 0.181 e. The van der Waals surface area contributed by atoms with E-state index in [4.69, 9.17) is 0 Å². The van der Waals surface area contributed by atoms with E-state index < -0.39 is 0 Å². The summed E-state index contributed by atoms with van der Waals surface area (Å²) in [5.41, 5.74) is 1.25. The maximum absolute atomic E-state index is 13.4. The molecule has 98 valence electrons. The molecule has 0 radical (unpaired) electrons. The largest absolute Gasteiger partial charge is 0.303 e. The van der Waals surface area contributed by atoms with Gasteiger partial charge in [0.1, 0.15) is 5.82 Å². The van der Waals surface area contributed by atoms with Crippen molar-refractivity contribution in [3.8, 4) is 0 Å². The lowest BCUT2D eigenvalue weighted by Gasteiger charge is -2.36. The number of rotatable bonds is 2. The molecule has 1 unspecified atom stereocenters. The lowest BCUT2D eigenvalue weighted by molar-refractivity contribution is 0.0686. The average Bonchev–Trinajstić information content (AvgIpc) is 2.30. The molecule has 0 aliphatic carbocycles. The summed E-state index contributed by atoms with van der Waals surface area (Å²) >= 11 is 0. The highest BCUT2D eigenvalue weighted by molar-refractivity contribution is 6.00. The molecule has 1 atom stereocenters. The molecule has 18 heavy (non-hydrogen) atoms. The van der Waals surface area contributed by atoms with Crippen LogP contribution >= 0.6 is 0 Å². The Balaban J connectivity index is 2.24. The predicted octanol–water partition coefficient (Wildman–Crippen LogP) is 1.56. The Labute approximate surface area is 107 Å². The van der Waals surface area contributed by atoms with E-state index in [0.29, 0.717) is 12.1 Å². The van der Waals surface area contributed by atoms with Crippen molar-refractivity contribution >= 4 is 5.78 Å². The first-order valence-corrected chi connectivity index (χ1v) is 6.17. The summed E-state index contributed by atoms with van der Waals surface area (Å²) in [5.74, 6) is -0.336. The van der Waals surface area contributed by atoms with Crippen molar-refractivity contribution in [2.75, 3.05) is 33.7 Å². The Bertz CT molecular complexity index is 441. The Morgan fingerprint density at radius 1 is 1.28 bits per heavy atom. The van der Waals surface area contributed by atoms with Gasteiger partial charge >= 0.3 is 0 Å². The molecule has 1 aliphatic rings. The number of Topliss-reactive ketones (excluding diaryl/α,β-unsaturated/α-hetero) is 1. The maximum atomic E-state index is 13.4. The van der Waals surface area contributed by atoms with Crippen molar-refractivity contribution < 1.29 is 9.18 Å². The van der Waals surface area contributed by atoms with Crippen molar-refractivity contribution in [3.63, 3.8) is 0 Å². The monoisotopic (exact) mass is 250 g/mol. The van der Waals surface area contributed by atoms with Crippen LogP contribution in [0.15, 0.2) is 18.2 Å². The van der Waals surface area contributed by atoms with E-state index in [0.717, 1.165) is 18.7 Å². The van der Waals surface area contributed by atoms with Crippen LogP contribution in [-0.4, -0.2) is 55.4 Å². The molecule has 1 saturated heterocycles. The van der Waals surface area contributed by atoms with E-state index in [1.165, 1.54) is 12.1 Å². The second kappa shape index (κ2) is 5.16. The number of likely N-dealkylation sites (N-methyl/N-ethyl adjacent to an activating group) is 2. The summed E-state index contributed by atoms with van der Waals surface area (Å²) in [7, 11) is 3.95. The van der Waals surface area contributed by atoms with Crippen molar-refractivity contribution in [3.05, 3.63) is 35.1 Å². The quantitative estimate of drug-likeness (QED) is 0.744. The van der Waals surface area contributed by atoms with Gasteiger partial charge in [-0.3, -0.25) is 9.69 Å². The van der Waals surface area contributed by atoms with Crippen molar-refractivity contribution in [2.45, 2.75) is 13.0 Å². The minimum Gasteiger partial charge on any atom is -0.303 e. The van der Waals surface area contributed by atoms with Crippen LogP contribution < -0.4 is 0 Å². The Hall–Kier alpha value is -1.26. The van der Waals surface area contributed by atoms with Crippen LogP contribution in [0.3, 0.4) is 0 Å². The molecule has 0 saturated carbocycles. The highest BCUT2D eigenvalue weighted by atomic mass is 19.1. The van der Waals surface area contributed by atoms with Gasteiger partial charge < -0.3 is 4.90 Å². The van der Waals surface area contributed by atoms with Gasteiger partial charge in [-0.2, -0.15) is 0 Å². The SMILES string of the molecule is Cc1cc(F)cc(C(=O)C2CN(C)CCN2C)c1. The predicted molar refractivity (Wildman–Crippen MR) is 69.4 cm³/mol. The van der Waals surface area contributed by atoms with Gasteiger partial charge in [-0.05, 0) is 44.8 Å². The summed E-state index contributed by atoms with van der Waals surface area (Å²) in [6.07, 6.45) is 0. The van der Waals surface area contributed by atoms with Crippen LogP contribution in [0.1, 0.15) is 15.9 Å². The second-order valence-electron chi connectivity index (χ2n) is 5.14.